The molecule has 3 rings (SSSR count). The smallest absolute Gasteiger partial charge is 0.203 e. The molecule has 4 nitrogen and oxygen atoms in total. The Morgan fingerprint density at radius 1 is 1.10 bits per heavy atom. The summed E-state index contributed by atoms with van der Waals surface area (Å²) in [6, 6.07) is 12.1. The van der Waals surface area contributed by atoms with E-state index in [0.717, 1.165) is 22.0 Å². The lowest BCUT2D eigenvalue weighted by Gasteiger charge is -1.96. The zero-order chi connectivity index (χ0) is 14.5. The number of aromatic nitrogens is 2. The van der Waals surface area contributed by atoms with E-state index in [1.54, 1.807) is 18.6 Å². The van der Waals surface area contributed by atoms with Crippen LogP contribution in [-0.4, -0.2) is 16.2 Å². The Kier molecular flexibility index (Phi) is 4.56. The number of nitrogens with one attached hydrogen (secondary N) is 1. The summed E-state index contributed by atoms with van der Waals surface area (Å²) in [6.45, 7) is 0. The fraction of sp³-hybridized carbons (Fsp3) is 0. The number of anilines is 1. The Morgan fingerprint density at radius 2 is 1.86 bits per heavy atom. The van der Waals surface area contributed by atoms with E-state index < -0.39 is 0 Å². The molecule has 0 amide bonds. The number of thiazole rings is 1. The molecule has 2 aromatic heterocycles. The van der Waals surface area contributed by atoms with Gasteiger partial charge in [0, 0.05) is 26.9 Å². The fourth-order valence-electron chi connectivity index (χ4n) is 1.69. The lowest BCUT2D eigenvalue weighted by atomic mass is 10.2. The van der Waals surface area contributed by atoms with Gasteiger partial charge in [-0.15, -0.1) is 11.3 Å². The van der Waals surface area contributed by atoms with Gasteiger partial charge < -0.3 is 0 Å². The number of hydrazone groups is 1. The van der Waals surface area contributed by atoms with Crippen LogP contribution in [0.5, 0.6) is 0 Å². The number of pyridine rings is 1. The van der Waals surface area contributed by atoms with E-state index >= 15 is 0 Å². The van der Waals surface area contributed by atoms with E-state index in [-0.39, 0.29) is 0 Å². The second-order valence-electron chi connectivity index (χ2n) is 4.20. The minimum atomic E-state index is 0.772. The summed E-state index contributed by atoms with van der Waals surface area (Å²) in [4.78, 5) is 8.48. The SMILES string of the molecule is Ic1ccc(-c2csc(N/N=C/c3ccncc3)n2)cc1. The highest BCUT2D eigenvalue weighted by molar-refractivity contribution is 14.1. The Morgan fingerprint density at radius 3 is 2.62 bits per heavy atom. The molecule has 0 aliphatic heterocycles. The van der Waals surface area contributed by atoms with Crippen molar-refractivity contribution in [2.45, 2.75) is 0 Å². The number of halogens is 1. The minimum absolute atomic E-state index is 0.772. The summed E-state index contributed by atoms with van der Waals surface area (Å²) < 4.78 is 1.21. The van der Waals surface area contributed by atoms with Crippen molar-refractivity contribution in [1.82, 2.24) is 9.97 Å². The third kappa shape index (κ3) is 3.85. The van der Waals surface area contributed by atoms with Crippen LogP contribution in [0.4, 0.5) is 5.13 Å². The molecule has 0 saturated carbocycles. The molecule has 0 aliphatic carbocycles. The number of nitrogens with zero attached hydrogens (tertiary/aromatic N) is 3. The van der Waals surface area contributed by atoms with Gasteiger partial charge in [-0.05, 0) is 52.4 Å². The van der Waals surface area contributed by atoms with Crippen molar-refractivity contribution < 1.29 is 0 Å². The number of benzene rings is 1. The molecule has 0 aliphatic rings. The molecule has 2 heterocycles. The van der Waals surface area contributed by atoms with Crippen LogP contribution in [0.15, 0.2) is 59.3 Å². The molecule has 0 spiro atoms. The van der Waals surface area contributed by atoms with Gasteiger partial charge in [-0.1, -0.05) is 12.1 Å². The Bertz CT molecular complexity index is 738. The number of rotatable bonds is 4. The predicted octanol–water partition coefficient (Wildman–Crippen LogP) is 4.26. The van der Waals surface area contributed by atoms with Gasteiger partial charge in [0.05, 0.1) is 11.9 Å². The van der Waals surface area contributed by atoms with Gasteiger partial charge in [-0.25, -0.2) is 4.98 Å². The van der Waals surface area contributed by atoms with E-state index in [1.807, 2.05) is 17.5 Å². The van der Waals surface area contributed by atoms with Crippen molar-refractivity contribution in [3.63, 3.8) is 0 Å². The van der Waals surface area contributed by atoms with Crippen LogP contribution in [0.1, 0.15) is 5.56 Å². The van der Waals surface area contributed by atoms with E-state index in [2.05, 4.69) is 67.4 Å². The molecule has 0 radical (unpaired) electrons. The van der Waals surface area contributed by atoms with E-state index in [0.29, 0.717) is 0 Å². The molecular formula is C15H11IN4S. The van der Waals surface area contributed by atoms with Crippen molar-refractivity contribution in [3.05, 3.63) is 63.3 Å². The van der Waals surface area contributed by atoms with Crippen LogP contribution >= 0.6 is 33.9 Å². The normalized spacial score (nSPS) is 10.9. The summed E-state index contributed by atoms with van der Waals surface area (Å²) in [6.07, 6.45) is 5.22. The average Bonchev–Trinajstić information content (AvgIpc) is 2.98. The average molecular weight is 406 g/mol. The standard InChI is InChI=1S/C15H11IN4S/c16-13-3-1-12(2-4-13)14-10-21-15(19-14)20-18-9-11-5-7-17-8-6-11/h1-10H,(H,19,20)/b18-9+. The molecule has 0 atom stereocenters. The first kappa shape index (κ1) is 14.2. The van der Waals surface area contributed by atoms with E-state index in [1.165, 1.54) is 14.9 Å². The van der Waals surface area contributed by atoms with Crippen LogP contribution in [0, 0.1) is 3.57 Å². The lowest BCUT2D eigenvalue weighted by Crippen LogP contribution is -1.90. The summed E-state index contributed by atoms with van der Waals surface area (Å²) in [5.41, 5.74) is 6.01. The highest BCUT2D eigenvalue weighted by atomic mass is 127. The Hall–Kier alpha value is -1.80. The first-order chi connectivity index (χ1) is 10.3. The van der Waals surface area contributed by atoms with Gasteiger partial charge in [-0.2, -0.15) is 5.10 Å². The van der Waals surface area contributed by atoms with Crippen molar-refractivity contribution >= 4 is 45.3 Å². The van der Waals surface area contributed by atoms with Gasteiger partial charge in [0.1, 0.15) is 0 Å². The summed E-state index contributed by atoms with van der Waals surface area (Å²) in [5.74, 6) is 0. The highest BCUT2D eigenvalue weighted by Crippen LogP contribution is 2.25. The second kappa shape index (κ2) is 6.77. The van der Waals surface area contributed by atoms with E-state index in [4.69, 9.17) is 0 Å². The predicted molar refractivity (Wildman–Crippen MR) is 95.7 cm³/mol. The fourth-order valence-corrected chi connectivity index (χ4v) is 2.72. The maximum atomic E-state index is 4.52. The van der Waals surface area contributed by atoms with Crippen molar-refractivity contribution in [2.24, 2.45) is 5.10 Å². The van der Waals surface area contributed by atoms with Gasteiger partial charge in [0.2, 0.25) is 5.13 Å². The van der Waals surface area contributed by atoms with Crippen molar-refractivity contribution in [3.8, 4) is 11.3 Å². The number of hydrogen-bond acceptors (Lipinski definition) is 5. The number of hydrogen-bond donors (Lipinski definition) is 1. The zero-order valence-electron chi connectivity index (χ0n) is 10.9. The van der Waals surface area contributed by atoms with Crippen molar-refractivity contribution in [2.75, 3.05) is 5.43 Å². The molecule has 0 fully saturated rings. The molecule has 0 bridgehead atoms. The summed E-state index contributed by atoms with van der Waals surface area (Å²) >= 11 is 3.82. The highest BCUT2D eigenvalue weighted by Gasteiger charge is 2.03. The second-order valence-corrected chi connectivity index (χ2v) is 6.30. The maximum absolute atomic E-state index is 4.52. The molecule has 1 aromatic carbocycles. The first-order valence-electron chi connectivity index (χ1n) is 6.22. The summed E-state index contributed by atoms with van der Waals surface area (Å²) in [7, 11) is 0. The first-order valence-corrected chi connectivity index (χ1v) is 8.18. The van der Waals surface area contributed by atoms with Crippen LogP contribution < -0.4 is 5.43 Å². The van der Waals surface area contributed by atoms with Gasteiger partial charge >= 0.3 is 0 Å². The maximum Gasteiger partial charge on any atom is 0.203 e. The third-order valence-corrected chi connectivity index (χ3v) is 4.19. The molecule has 1 N–H and O–H groups in total. The third-order valence-electron chi connectivity index (χ3n) is 2.72. The van der Waals surface area contributed by atoms with Gasteiger partial charge in [0.25, 0.3) is 0 Å². The van der Waals surface area contributed by atoms with Crippen molar-refractivity contribution in [1.29, 1.82) is 0 Å². The van der Waals surface area contributed by atoms with Gasteiger partial charge in [-0.3, -0.25) is 10.4 Å². The Labute approximate surface area is 140 Å². The van der Waals surface area contributed by atoms with Crippen LogP contribution in [0.3, 0.4) is 0 Å². The molecule has 3 aromatic rings. The van der Waals surface area contributed by atoms with Crippen LogP contribution in [-0.2, 0) is 0 Å². The zero-order valence-corrected chi connectivity index (χ0v) is 13.9. The molecule has 0 saturated heterocycles. The van der Waals surface area contributed by atoms with Crippen LogP contribution in [0.2, 0.25) is 0 Å². The topological polar surface area (TPSA) is 50.2 Å². The largest absolute Gasteiger partial charge is 0.265 e. The molecular weight excluding hydrogens is 395 g/mol. The summed E-state index contributed by atoms with van der Waals surface area (Å²) in [5, 5.41) is 6.97. The molecule has 6 heteroatoms. The monoisotopic (exact) mass is 406 g/mol. The van der Waals surface area contributed by atoms with Gasteiger partial charge in [0.15, 0.2) is 0 Å². The molecule has 21 heavy (non-hydrogen) atoms. The lowest BCUT2D eigenvalue weighted by molar-refractivity contribution is 1.28. The minimum Gasteiger partial charge on any atom is -0.265 e. The molecule has 104 valence electrons. The van der Waals surface area contributed by atoms with E-state index in [9.17, 15) is 0 Å². The Balaban J connectivity index is 1.68. The quantitative estimate of drug-likeness (QED) is 0.400. The van der Waals surface area contributed by atoms with Crippen LogP contribution in [0.25, 0.3) is 11.3 Å². The molecule has 0 unspecified atom stereocenters.